The van der Waals surface area contributed by atoms with Crippen molar-refractivity contribution in [2.45, 2.75) is 32.7 Å². The lowest BCUT2D eigenvalue weighted by Gasteiger charge is -2.14. The molecule has 106 valence electrons. The van der Waals surface area contributed by atoms with Gasteiger partial charge in [0.25, 0.3) is 0 Å². The van der Waals surface area contributed by atoms with Gasteiger partial charge in [0, 0.05) is 19.3 Å². The fraction of sp³-hybridized carbons (Fsp3) is 0.714. The summed E-state index contributed by atoms with van der Waals surface area (Å²) in [6, 6.07) is 0. The maximum absolute atomic E-state index is 5.67. The molecule has 0 bridgehead atoms. The third-order valence-corrected chi connectivity index (χ3v) is 3.25. The predicted octanol–water partition coefficient (Wildman–Crippen LogP) is 1.45. The molecule has 0 unspecified atom stereocenters. The van der Waals surface area contributed by atoms with Gasteiger partial charge in [0.15, 0.2) is 0 Å². The van der Waals surface area contributed by atoms with Crippen molar-refractivity contribution in [1.29, 1.82) is 0 Å². The standard InChI is InChI=1S/C14H24N4O/c1-2-5-15-10-13-11-16-12-14(17-13)19-9-8-18-6-3-4-7-18/h11-12,15H,2-10H2,1H3. The van der Waals surface area contributed by atoms with Crippen molar-refractivity contribution in [1.82, 2.24) is 20.2 Å². The summed E-state index contributed by atoms with van der Waals surface area (Å²) in [5.74, 6) is 0.634. The van der Waals surface area contributed by atoms with E-state index in [1.807, 2.05) is 0 Å². The van der Waals surface area contributed by atoms with Crippen molar-refractivity contribution in [3.05, 3.63) is 18.1 Å². The molecule has 1 saturated heterocycles. The second-order valence-corrected chi connectivity index (χ2v) is 4.92. The minimum Gasteiger partial charge on any atom is -0.475 e. The Morgan fingerprint density at radius 1 is 1.32 bits per heavy atom. The van der Waals surface area contributed by atoms with Gasteiger partial charge in [-0.25, -0.2) is 4.98 Å². The first-order chi connectivity index (χ1) is 9.38. The van der Waals surface area contributed by atoms with Crippen LogP contribution in [0.4, 0.5) is 0 Å². The van der Waals surface area contributed by atoms with Crippen LogP contribution in [0.2, 0.25) is 0 Å². The summed E-state index contributed by atoms with van der Waals surface area (Å²) in [7, 11) is 0. The van der Waals surface area contributed by atoms with Gasteiger partial charge in [-0.2, -0.15) is 0 Å². The Balaban J connectivity index is 1.71. The monoisotopic (exact) mass is 264 g/mol. The quantitative estimate of drug-likeness (QED) is 0.720. The molecule has 0 atom stereocenters. The largest absolute Gasteiger partial charge is 0.475 e. The van der Waals surface area contributed by atoms with Crippen molar-refractivity contribution < 1.29 is 4.74 Å². The molecule has 1 aliphatic rings. The van der Waals surface area contributed by atoms with Crippen LogP contribution in [0.5, 0.6) is 5.88 Å². The Kier molecular flexibility index (Phi) is 6.04. The van der Waals surface area contributed by atoms with E-state index >= 15 is 0 Å². The zero-order valence-electron chi connectivity index (χ0n) is 11.8. The van der Waals surface area contributed by atoms with Gasteiger partial charge in [-0.15, -0.1) is 0 Å². The Morgan fingerprint density at radius 2 is 2.16 bits per heavy atom. The van der Waals surface area contributed by atoms with Gasteiger partial charge in [-0.1, -0.05) is 6.92 Å². The third kappa shape index (κ3) is 5.12. The normalized spacial score (nSPS) is 15.8. The van der Waals surface area contributed by atoms with Crippen molar-refractivity contribution in [3.8, 4) is 5.88 Å². The molecule has 1 aromatic rings. The van der Waals surface area contributed by atoms with Gasteiger partial charge in [-0.05, 0) is 38.9 Å². The van der Waals surface area contributed by atoms with Crippen LogP contribution < -0.4 is 10.1 Å². The maximum Gasteiger partial charge on any atom is 0.232 e. The van der Waals surface area contributed by atoms with Crippen LogP contribution >= 0.6 is 0 Å². The lowest BCUT2D eigenvalue weighted by molar-refractivity contribution is 0.231. The summed E-state index contributed by atoms with van der Waals surface area (Å²) >= 11 is 0. The summed E-state index contributed by atoms with van der Waals surface area (Å²) in [6.07, 6.45) is 7.24. The highest BCUT2D eigenvalue weighted by atomic mass is 16.5. The van der Waals surface area contributed by atoms with Gasteiger partial charge in [-0.3, -0.25) is 9.88 Å². The minimum absolute atomic E-state index is 0.634. The van der Waals surface area contributed by atoms with Crippen LogP contribution in [0, 0.1) is 0 Å². The molecule has 19 heavy (non-hydrogen) atoms. The van der Waals surface area contributed by atoms with Crippen molar-refractivity contribution >= 4 is 0 Å². The Bertz CT molecular complexity index is 366. The topological polar surface area (TPSA) is 50.3 Å². The van der Waals surface area contributed by atoms with Crippen molar-refractivity contribution in [2.24, 2.45) is 0 Å². The van der Waals surface area contributed by atoms with Crippen LogP contribution in [0.1, 0.15) is 31.9 Å². The Labute approximate surface area is 115 Å². The van der Waals surface area contributed by atoms with Crippen molar-refractivity contribution in [2.75, 3.05) is 32.8 Å². The van der Waals surface area contributed by atoms with Crippen LogP contribution in [-0.2, 0) is 6.54 Å². The van der Waals surface area contributed by atoms with Gasteiger partial charge in [0.2, 0.25) is 5.88 Å². The number of ether oxygens (including phenoxy) is 1. The second-order valence-electron chi connectivity index (χ2n) is 4.92. The van der Waals surface area contributed by atoms with Crippen LogP contribution in [0.3, 0.4) is 0 Å². The Morgan fingerprint density at radius 3 is 2.95 bits per heavy atom. The summed E-state index contributed by atoms with van der Waals surface area (Å²) in [5.41, 5.74) is 0.937. The molecule has 0 amide bonds. The van der Waals surface area contributed by atoms with E-state index in [4.69, 9.17) is 4.74 Å². The molecule has 0 saturated carbocycles. The first-order valence-corrected chi connectivity index (χ1v) is 7.25. The second kappa shape index (κ2) is 8.07. The summed E-state index contributed by atoms with van der Waals surface area (Å²) in [5, 5.41) is 3.31. The highest BCUT2D eigenvalue weighted by Gasteiger charge is 2.10. The van der Waals surface area contributed by atoms with E-state index in [-0.39, 0.29) is 0 Å². The fourth-order valence-corrected chi connectivity index (χ4v) is 2.22. The molecule has 0 aliphatic carbocycles. The first kappa shape index (κ1) is 14.2. The molecule has 2 rings (SSSR count). The number of hydrogen-bond acceptors (Lipinski definition) is 5. The lowest BCUT2D eigenvalue weighted by atomic mass is 10.4. The zero-order chi connectivity index (χ0) is 13.3. The zero-order valence-corrected chi connectivity index (χ0v) is 11.8. The lowest BCUT2D eigenvalue weighted by Crippen LogP contribution is -2.25. The van der Waals surface area contributed by atoms with E-state index in [0.717, 1.165) is 31.7 Å². The van der Waals surface area contributed by atoms with E-state index in [9.17, 15) is 0 Å². The Hall–Kier alpha value is -1.20. The van der Waals surface area contributed by atoms with Gasteiger partial charge in [0.05, 0.1) is 11.9 Å². The van der Waals surface area contributed by atoms with E-state index in [1.165, 1.54) is 25.9 Å². The van der Waals surface area contributed by atoms with Gasteiger partial charge >= 0.3 is 0 Å². The molecular formula is C14H24N4O. The molecule has 1 aromatic heterocycles. The molecule has 5 nitrogen and oxygen atoms in total. The molecule has 5 heteroatoms. The van der Waals surface area contributed by atoms with Gasteiger partial charge < -0.3 is 10.1 Å². The minimum atomic E-state index is 0.634. The number of aromatic nitrogens is 2. The van der Waals surface area contributed by atoms with Crippen LogP contribution in [0.15, 0.2) is 12.4 Å². The average Bonchev–Trinajstić information content (AvgIpc) is 2.93. The maximum atomic E-state index is 5.67. The number of likely N-dealkylation sites (tertiary alicyclic amines) is 1. The molecule has 0 spiro atoms. The highest BCUT2D eigenvalue weighted by Crippen LogP contribution is 2.08. The molecule has 2 heterocycles. The third-order valence-electron chi connectivity index (χ3n) is 3.25. The predicted molar refractivity (Wildman–Crippen MR) is 75.2 cm³/mol. The number of nitrogens with zero attached hydrogens (tertiary/aromatic N) is 3. The summed E-state index contributed by atoms with van der Waals surface area (Å²) in [6.45, 7) is 8.00. The molecule has 1 fully saturated rings. The smallest absolute Gasteiger partial charge is 0.232 e. The summed E-state index contributed by atoms with van der Waals surface area (Å²) < 4.78 is 5.67. The molecular weight excluding hydrogens is 240 g/mol. The van der Waals surface area contributed by atoms with E-state index in [0.29, 0.717) is 12.5 Å². The first-order valence-electron chi connectivity index (χ1n) is 7.25. The molecule has 0 radical (unpaired) electrons. The highest BCUT2D eigenvalue weighted by molar-refractivity contribution is 5.08. The van der Waals surface area contributed by atoms with Crippen molar-refractivity contribution in [3.63, 3.8) is 0 Å². The number of hydrogen-bond donors (Lipinski definition) is 1. The number of rotatable bonds is 8. The molecule has 1 aliphatic heterocycles. The van der Waals surface area contributed by atoms with Crippen LogP contribution in [0.25, 0.3) is 0 Å². The van der Waals surface area contributed by atoms with Gasteiger partial charge in [0.1, 0.15) is 6.61 Å². The SMILES string of the molecule is CCCNCc1cncc(OCCN2CCCC2)n1. The summed E-state index contributed by atoms with van der Waals surface area (Å²) in [4.78, 5) is 11.0. The molecule has 0 aromatic carbocycles. The van der Waals surface area contributed by atoms with E-state index in [1.54, 1.807) is 12.4 Å². The molecule has 1 N–H and O–H groups in total. The average molecular weight is 264 g/mol. The van der Waals surface area contributed by atoms with Crippen LogP contribution in [-0.4, -0.2) is 47.7 Å². The number of nitrogens with one attached hydrogen (secondary N) is 1. The van der Waals surface area contributed by atoms with E-state index < -0.39 is 0 Å². The fourth-order valence-electron chi connectivity index (χ4n) is 2.22. The van der Waals surface area contributed by atoms with E-state index in [2.05, 4.69) is 27.1 Å².